The van der Waals surface area contributed by atoms with Gasteiger partial charge in [0, 0.05) is 12.1 Å². The Bertz CT molecular complexity index is 511. The summed E-state index contributed by atoms with van der Waals surface area (Å²) < 4.78 is 0. The average molecular weight is 305 g/mol. The second kappa shape index (κ2) is 8.57. The lowest BCUT2D eigenvalue weighted by molar-refractivity contribution is -0.144. The van der Waals surface area contributed by atoms with Crippen molar-refractivity contribution in [2.45, 2.75) is 47.0 Å². The number of carbonyl (C=O) groups is 2. The number of carbonyl (C=O) groups excluding carboxylic acids is 1. The van der Waals surface area contributed by atoms with Crippen LogP contribution in [0.3, 0.4) is 0 Å². The van der Waals surface area contributed by atoms with E-state index in [0.717, 1.165) is 17.7 Å². The van der Waals surface area contributed by atoms with Crippen molar-refractivity contribution in [1.82, 2.24) is 0 Å². The van der Waals surface area contributed by atoms with Gasteiger partial charge in [0.25, 0.3) is 0 Å². The smallest absolute Gasteiger partial charge is 0.306 e. The van der Waals surface area contributed by atoms with E-state index in [2.05, 4.69) is 19.2 Å². The molecule has 0 saturated carbocycles. The summed E-state index contributed by atoms with van der Waals surface area (Å²) in [5.41, 5.74) is 1.78. The van der Waals surface area contributed by atoms with Gasteiger partial charge in [0.15, 0.2) is 0 Å². The maximum Gasteiger partial charge on any atom is 0.306 e. The second-order valence-corrected chi connectivity index (χ2v) is 6.46. The van der Waals surface area contributed by atoms with Gasteiger partial charge in [-0.05, 0) is 36.8 Å². The topological polar surface area (TPSA) is 66.4 Å². The van der Waals surface area contributed by atoms with E-state index >= 15 is 0 Å². The van der Waals surface area contributed by atoms with Crippen molar-refractivity contribution in [2.75, 3.05) is 5.32 Å². The quantitative estimate of drug-likeness (QED) is 0.760. The van der Waals surface area contributed by atoms with Crippen LogP contribution < -0.4 is 5.32 Å². The average Bonchev–Trinajstić information content (AvgIpc) is 2.40. The van der Waals surface area contributed by atoms with Crippen molar-refractivity contribution in [3.8, 4) is 0 Å². The van der Waals surface area contributed by atoms with Crippen molar-refractivity contribution in [3.63, 3.8) is 0 Å². The highest BCUT2D eigenvalue weighted by Crippen LogP contribution is 2.24. The van der Waals surface area contributed by atoms with Gasteiger partial charge < -0.3 is 10.4 Å². The predicted molar refractivity (Wildman–Crippen MR) is 88.8 cm³/mol. The highest BCUT2D eigenvalue weighted by molar-refractivity contribution is 5.91. The van der Waals surface area contributed by atoms with Crippen LogP contribution in [0.1, 0.15) is 45.6 Å². The van der Waals surface area contributed by atoms with E-state index in [1.165, 1.54) is 0 Å². The number of benzene rings is 1. The molecule has 0 saturated heterocycles. The molecule has 2 N–H and O–H groups in total. The Hall–Kier alpha value is -1.84. The SMILES string of the molecule is Cc1ccccc1NC(=O)C[C@H](C)[C@@H](CCC(C)C)C(=O)O. The standard InChI is InChI=1S/C18H27NO3/c1-12(2)9-10-15(18(21)22)14(4)11-17(20)19-16-8-6-5-7-13(16)3/h5-8,12,14-15H,9-11H2,1-4H3,(H,19,20)(H,21,22)/t14-,15+/m0/s1. The van der Waals surface area contributed by atoms with E-state index in [0.29, 0.717) is 12.3 Å². The molecule has 0 unspecified atom stereocenters. The van der Waals surface area contributed by atoms with Crippen molar-refractivity contribution < 1.29 is 14.7 Å². The lowest BCUT2D eigenvalue weighted by Gasteiger charge is -2.21. The molecule has 2 atom stereocenters. The molecule has 0 fully saturated rings. The van der Waals surface area contributed by atoms with Crippen LogP contribution in [0.15, 0.2) is 24.3 Å². The summed E-state index contributed by atoms with van der Waals surface area (Å²) in [4.78, 5) is 23.6. The molecule has 1 aromatic rings. The predicted octanol–water partition coefficient (Wildman–Crippen LogP) is 4.10. The van der Waals surface area contributed by atoms with E-state index < -0.39 is 11.9 Å². The van der Waals surface area contributed by atoms with Crippen LogP contribution in [0.4, 0.5) is 5.69 Å². The van der Waals surface area contributed by atoms with Crippen LogP contribution in [0.25, 0.3) is 0 Å². The fourth-order valence-corrected chi connectivity index (χ4v) is 2.51. The third kappa shape index (κ3) is 5.88. The Morgan fingerprint density at radius 3 is 2.32 bits per heavy atom. The summed E-state index contributed by atoms with van der Waals surface area (Å²) in [6, 6.07) is 7.57. The number of nitrogens with one attached hydrogen (secondary N) is 1. The first-order valence-electron chi connectivity index (χ1n) is 7.89. The van der Waals surface area contributed by atoms with E-state index in [9.17, 15) is 14.7 Å². The number of aryl methyl sites for hydroxylation is 1. The molecule has 0 aromatic heterocycles. The van der Waals surface area contributed by atoms with E-state index in [1.54, 1.807) is 0 Å². The summed E-state index contributed by atoms with van der Waals surface area (Å²) in [5.74, 6) is -1.12. The van der Waals surface area contributed by atoms with Crippen LogP contribution in [-0.2, 0) is 9.59 Å². The fraction of sp³-hybridized carbons (Fsp3) is 0.556. The van der Waals surface area contributed by atoms with Gasteiger partial charge in [-0.15, -0.1) is 0 Å². The van der Waals surface area contributed by atoms with Crippen LogP contribution in [0.2, 0.25) is 0 Å². The van der Waals surface area contributed by atoms with Crippen molar-refractivity contribution in [1.29, 1.82) is 0 Å². The first-order valence-corrected chi connectivity index (χ1v) is 7.89. The molecule has 0 spiro atoms. The van der Waals surface area contributed by atoms with Gasteiger partial charge in [0.05, 0.1) is 5.92 Å². The minimum absolute atomic E-state index is 0.127. The molecule has 0 bridgehead atoms. The van der Waals surface area contributed by atoms with Gasteiger partial charge >= 0.3 is 5.97 Å². The molecular formula is C18H27NO3. The number of rotatable bonds is 8. The van der Waals surface area contributed by atoms with Gasteiger partial charge in [-0.25, -0.2) is 0 Å². The maximum atomic E-state index is 12.1. The molecular weight excluding hydrogens is 278 g/mol. The first kappa shape index (κ1) is 18.2. The normalized spacial score (nSPS) is 13.7. The zero-order valence-electron chi connectivity index (χ0n) is 13.9. The van der Waals surface area contributed by atoms with Gasteiger partial charge in [0.1, 0.15) is 0 Å². The maximum absolute atomic E-state index is 12.1. The Morgan fingerprint density at radius 2 is 1.77 bits per heavy atom. The van der Waals surface area contributed by atoms with Crippen molar-refractivity contribution >= 4 is 17.6 Å². The van der Waals surface area contributed by atoms with Crippen LogP contribution in [0.5, 0.6) is 0 Å². The summed E-state index contributed by atoms with van der Waals surface area (Å²) in [5, 5.41) is 12.2. The van der Waals surface area contributed by atoms with Crippen molar-refractivity contribution in [2.24, 2.45) is 17.8 Å². The van der Waals surface area contributed by atoms with E-state index in [-0.39, 0.29) is 18.2 Å². The number of amides is 1. The summed E-state index contributed by atoms with van der Waals surface area (Å²) in [6.45, 7) is 7.93. The van der Waals surface area contributed by atoms with Crippen LogP contribution >= 0.6 is 0 Å². The summed E-state index contributed by atoms with van der Waals surface area (Å²) >= 11 is 0. The largest absolute Gasteiger partial charge is 0.481 e. The molecule has 122 valence electrons. The number of hydrogen-bond donors (Lipinski definition) is 2. The Morgan fingerprint density at radius 1 is 1.14 bits per heavy atom. The minimum Gasteiger partial charge on any atom is -0.481 e. The lowest BCUT2D eigenvalue weighted by atomic mass is 9.85. The van der Waals surface area contributed by atoms with Crippen molar-refractivity contribution in [3.05, 3.63) is 29.8 Å². The summed E-state index contributed by atoms with van der Waals surface area (Å²) in [6.07, 6.45) is 1.70. The molecule has 4 nitrogen and oxygen atoms in total. The van der Waals surface area contributed by atoms with Gasteiger partial charge in [-0.3, -0.25) is 9.59 Å². The zero-order chi connectivity index (χ0) is 16.7. The van der Waals surface area contributed by atoms with E-state index in [4.69, 9.17) is 0 Å². The van der Waals surface area contributed by atoms with Gasteiger partial charge in [0.2, 0.25) is 5.91 Å². The van der Waals surface area contributed by atoms with Crippen LogP contribution in [-0.4, -0.2) is 17.0 Å². The highest BCUT2D eigenvalue weighted by Gasteiger charge is 2.26. The molecule has 1 amide bonds. The van der Waals surface area contributed by atoms with E-state index in [1.807, 2.05) is 38.1 Å². The number of carboxylic acids is 1. The fourth-order valence-electron chi connectivity index (χ4n) is 2.51. The lowest BCUT2D eigenvalue weighted by Crippen LogP contribution is -2.26. The number of anilines is 1. The number of hydrogen-bond acceptors (Lipinski definition) is 2. The third-order valence-corrected chi connectivity index (χ3v) is 3.99. The monoisotopic (exact) mass is 305 g/mol. The zero-order valence-corrected chi connectivity index (χ0v) is 13.9. The highest BCUT2D eigenvalue weighted by atomic mass is 16.4. The second-order valence-electron chi connectivity index (χ2n) is 6.46. The number of aliphatic carboxylic acids is 1. The molecule has 4 heteroatoms. The molecule has 0 aliphatic carbocycles. The molecule has 22 heavy (non-hydrogen) atoms. The molecule has 0 heterocycles. The Kier molecular flexibility index (Phi) is 7.09. The molecule has 0 radical (unpaired) electrons. The molecule has 1 rings (SSSR count). The Labute approximate surface area is 132 Å². The number of para-hydroxylation sites is 1. The molecule has 0 aliphatic heterocycles. The summed E-state index contributed by atoms with van der Waals surface area (Å²) in [7, 11) is 0. The minimum atomic E-state index is -0.808. The molecule has 1 aromatic carbocycles. The number of carboxylic acid groups (broad SMARTS) is 1. The van der Waals surface area contributed by atoms with Gasteiger partial charge in [-0.1, -0.05) is 45.4 Å². The van der Waals surface area contributed by atoms with Crippen LogP contribution in [0, 0.1) is 24.7 Å². The first-order chi connectivity index (χ1) is 10.3. The molecule has 0 aliphatic rings. The van der Waals surface area contributed by atoms with Gasteiger partial charge in [-0.2, -0.15) is 0 Å². The third-order valence-electron chi connectivity index (χ3n) is 3.99. The Balaban J connectivity index is 2.61.